The predicted molar refractivity (Wildman–Crippen MR) is 94.6 cm³/mol. The summed E-state index contributed by atoms with van der Waals surface area (Å²) in [5, 5.41) is 6.57. The van der Waals surface area contributed by atoms with E-state index in [2.05, 4.69) is 25.6 Å². The van der Waals surface area contributed by atoms with Crippen LogP contribution in [0.3, 0.4) is 0 Å². The van der Waals surface area contributed by atoms with Crippen molar-refractivity contribution in [1.82, 2.24) is 25.5 Å². The Morgan fingerprint density at radius 2 is 2.04 bits per heavy atom. The molecule has 0 aliphatic heterocycles. The standard InChI is InChI=1S/C17H28N6O/c1-13-19-10-7-14(22-13)11-20-16(18-2)21-12-17(8-5-6-9-17)15(24)23(3)4/h7,10H,5-6,8-9,11-12H2,1-4H3,(H2,18,20,21). The Hall–Kier alpha value is -2.18. The first-order valence-corrected chi connectivity index (χ1v) is 8.42. The van der Waals surface area contributed by atoms with Crippen molar-refractivity contribution in [2.24, 2.45) is 10.4 Å². The van der Waals surface area contributed by atoms with E-state index in [1.807, 2.05) is 27.1 Å². The molecule has 0 saturated heterocycles. The van der Waals surface area contributed by atoms with Crippen LogP contribution in [-0.2, 0) is 11.3 Å². The average molecular weight is 332 g/mol. The molecular formula is C17H28N6O. The fraction of sp³-hybridized carbons (Fsp3) is 0.647. The van der Waals surface area contributed by atoms with Crippen molar-refractivity contribution < 1.29 is 4.79 Å². The summed E-state index contributed by atoms with van der Waals surface area (Å²) in [7, 11) is 5.38. The van der Waals surface area contributed by atoms with E-state index in [4.69, 9.17) is 0 Å². The zero-order valence-electron chi connectivity index (χ0n) is 15.1. The van der Waals surface area contributed by atoms with Gasteiger partial charge in [-0.2, -0.15) is 0 Å². The van der Waals surface area contributed by atoms with Gasteiger partial charge in [-0.3, -0.25) is 9.79 Å². The van der Waals surface area contributed by atoms with Gasteiger partial charge in [0.25, 0.3) is 0 Å². The maximum Gasteiger partial charge on any atom is 0.230 e. The monoisotopic (exact) mass is 332 g/mol. The fourth-order valence-electron chi connectivity index (χ4n) is 3.24. The smallest absolute Gasteiger partial charge is 0.230 e. The highest BCUT2D eigenvalue weighted by atomic mass is 16.2. The van der Waals surface area contributed by atoms with E-state index in [0.29, 0.717) is 19.0 Å². The fourth-order valence-corrected chi connectivity index (χ4v) is 3.24. The second-order valence-electron chi connectivity index (χ2n) is 6.56. The van der Waals surface area contributed by atoms with Crippen molar-refractivity contribution >= 4 is 11.9 Å². The molecule has 1 fully saturated rings. The maximum atomic E-state index is 12.6. The highest BCUT2D eigenvalue weighted by Crippen LogP contribution is 2.38. The van der Waals surface area contributed by atoms with Crippen LogP contribution in [0.15, 0.2) is 17.3 Å². The molecule has 24 heavy (non-hydrogen) atoms. The van der Waals surface area contributed by atoms with Gasteiger partial charge in [-0.25, -0.2) is 9.97 Å². The van der Waals surface area contributed by atoms with E-state index in [0.717, 1.165) is 37.2 Å². The van der Waals surface area contributed by atoms with Gasteiger partial charge in [0.2, 0.25) is 5.91 Å². The third kappa shape index (κ3) is 4.43. The summed E-state index contributed by atoms with van der Waals surface area (Å²) in [6, 6.07) is 1.88. The minimum Gasteiger partial charge on any atom is -0.355 e. The number of hydrogen-bond acceptors (Lipinski definition) is 4. The Balaban J connectivity index is 1.93. The molecule has 7 nitrogen and oxygen atoms in total. The number of rotatable bonds is 5. The highest BCUT2D eigenvalue weighted by Gasteiger charge is 2.42. The molecule has 1 aromatic rings. The molecule has 1 amide bonds. The first-order chi connectivity index (χ1) is 11.5. The molecule has 0 bridgehead atoms. The molecule has 1 aliphatic carbocycles. The van der Waals surface area contributed by atoms with Crippen LogP contribution >= 0.6 is 0 Å². The molecule has 132 valence electrons. The summed E-state index contributed by atoms with van der Waals surface area (Å²) in [5.74, 6) is 1.64. The number of guanidine groups is 1. The Morgan fingerprint density at radius 1 is 1.33 bits per heavy atom. The van der Waals surface area contributed by atoms with E-state index in [-0.39, 0.29) is 11.3 Å². The van der Waals surface area contributed by atoms with Gasteiger partial charge in [-0.15, -0.1) is 0 Å². The molecule has 0 unspecified atom stereocenters. The largest absolute Gasteiger partial charge is 0.355 e. The van der Waals surface area contributed by atoms with Gasteiger partial charge in [0.1, 0.15) is 5.82 Å². The summed E-state index contributed by atoms with van der Waals surface area (Å²) in [6.45, 7) is 3.04. The van der Waals surface area contributed by atoms with Crippen molar-refractivity contribution in [1.29, 1.82) is 0 Å². The van der Waals surface area contributed by atoms with E-state index < -0.39 is 0 Å². The molecule has 0 radical (unpaired) electrons. The minimum absolute atomic E-state index is 0.203. The molecule has 0 aromatic carbocycles. The van der Waals surface area contributed by atoms with Crippen LogP contribution in [0.1, 0.15) is 37.2 Å². The molecule has 1 heterocycles. The molecule has 1 aliphatic rings. The first kappa shape index (κ1) is 18.2. The SMILES string of the molecule is CN=C(NCc1ccnc(C)n1)NCC1(C(=O)N(C)C)CCCC1. The van der Waals surface area contributed by atoms with Crippen molar-refractivity contribution in [2.45, 2.75) is 39.2 Å². The lowest BCUT2D eigenvalue weighted by atomic mass is 9.84. The normalized spacial score (nSPS) is 16.8. The molecule has 1 saturated carbocycles. The number of carbonyl (C=O) groups excluding carboxylic acids is 1. The molecule has 0 atom stereocenters. The molecule has 0 spiro atoms. The minimum atomic E-state index is -0.313. The van der Waals surface area contributed by atoms with Crippen LogP contribution in [-0.4, -0.2) is 54.4 Å². The summed E-state index contributed by atoms with van der Waals surface area (Å²) in [6.07, 6.45) is 5.82. The highest BCUT2D eigenvalue weighted by molar-refractivity contribution is 5.85. The van der Waals surface area contributed by atoms with Gasteiger partial charge in [-0.1, -0.05) is 12.8 Å². The molecular weight excluding hydrogens is 304 g/mol. The number of amides is 1. The summed E-state index contributed by atoms with van der Waals surface area (Å²) >= 11 is 0. The number of carbonyl (C=O) groups is 1. The molecule has 7 heteroatoms. The Bertz CT molecular complexity index is 592. The first-order valence-electron chi connectivity index (χ1n) is 8.42. The van der Waals surface area contributed by atoms with Crippen molar-refractivity contribution in [3.8, 4) is 0 Å². The molecule has 1 aromatic heterocycles. The second-order valence-corrected chi connectivity index (χ2v) is 6.56. The van der Waals surface area contributed by atoms with Gasteiger partial charge in [-0.05, 0) is 25.8 Å². The van der Waals surface area contributed by atoms with Gasteiger partial charge in [0.15, 0.2) is 5.96 Å². The number of hydrogen-bond donors (Lipinski definition) is 2. The maximum absolute atomic E-state index is 12.6. The van der Waals surface area contributed by atoms with Gasteiger partial charge >= 0.3 is 0 Å². The number of nitrogens with one attached hydrogen (secondary N) is 2. The zero-order chi connectivity index (χ0) is 17.6. The lowest BCUT2D eigenvalue weighted by Crippen LogP contribution is -2.49. The number of aromatic nitrogens is 2. The Labute approximate surface area is 144 Å². The Morgan fingerprint density at radius 3 is 2.62 bits per heavy atom. The Kier molecular flexibility index (Phi) is 6.11. The van der Waals surface area contributed by atoms with Crippen molar-refractivity contribution in [3.05, 3.63) is 23.8 Å². The van der Waals surface area contributed by atoms with E-state index in [9.17, 15) is 4.79 Å². The lowest BCUT2D eigenvalue weighted by molar-refractivity contribution is -0.138. The molecule has 2 N–H and O–H groups in total. The van der Waals surface area contributed by atoms with Gasteiger partial charge < -0.3 is 15.5 Å². The van der Waals surface area contributed by atoms with E-state index >= 15 is 0 Å². The van der Waals surface area contributed by atoms with Crippen LogP contribution in [0.2, 0.25) is 0 Å². The van der Waals surface area contributed by atoms with Crippen LogP contribution in [0, 0.1) is 12.3 Å². The number of aliphatic imine (C=N–C) groups is 1. The van der Waals surface area contributed by atoms with Crippen LogP contribution < -0.4 is 10.6 Å². The quantitative estimate of drug-likeness (QED) is 0.623. The van der Waals surface area contributed by atoms with E-state index in [1.165, 1.54) is 0 Å². The third-order valence-electron chi connectivity index (χ3n) is 4.51. The summed E-state index contributed by atoms with van der Waals surface area (Å²) in [5.41, 5.74) is 0.595. The lowest BCUT2D eigenvalue weighted by Gasteiger charge is -2.31. The van der Waals surface area contributed by atoms with Gasteiger partial charge in [0, 0.05) is 33.9 Å². The van der Waals surface area contributed by atoms with Crippen molar-refractivity contribution in [2.75, 3.05) is 27.7 Å². The number of nitrogens with zero attached hydrogens (tertiary/aromatic N) is 4. The van der Waals surface area contributed by atoms with Gasteiger partial charge in [0.05, 0.1) is 17.7 Å². The summed E-state index contributed by atoms with van der Waals surface area (Å²) < 4.78 is 0. The van der Waals surface area contributed by atoms with Crippen LogP contribution in [0.25, 0.3) is 0 Å². The average Bonchev–Trinajstić information content (AvgIpc) is 3.04. The number of aryl methyl sites for hydroxylation is 1. The second kappa shape index (κ2) is 8.08. The van der Waals surface area contributed by atoms with Crippen LogP contribution in [0.4, 0.5) is 0 Å². The third-order valence-corrected chi connectivity index (χ3v) is 4.51. The van der Waals surface area contributed by atoms with E-state index in [1.54, 1.807) is 18.1 Å². The van der Waals surface area contributed by atoms with Crippen LogP contribution in [0.5, 0.6) is 0 Å². The predicted octanol–water partition coefficient (Wildman–Crippen LogP) is 1.10. The molecule has 2 rings (SSSR count). The topological polar surface area (TPSA) is 82.5 Å². The summed E-state index contributed by atoms with van der Waals surface area (Å²) in [4.78, 5) is 27.0. The zero-order valence-corrected chi connectivity index (χ0v) is 15.1. The van der Waals surface area contributed by atoms with Crippen molar-refractivity contribution in [3.63, 3.8) is 0 Å².